The largest absolute Gasteiger partial charge is 0.316 e. The monoisotopic (exact) mass is 226 g/mol. The van der Waals surface area contributed by atoms with E-state index in [2.05, 4.69) is 0 Å². The van der Waals surface area contributed by atoms with Crippen molar-refractivity contribution in [2.45, 2.75) is 0 Å². The summed E-state index contributed by atoms with van der Waals surface area (Å²) in [6, 6.07) is 0. The predicted octanol–water partition coefficient (Wildman–Crippen LogP) is -2.38. The van der Waals surface area contributed by atoms with Crippen LogP contribution in [-0.2, 0) is 50.3 Å². The van der Waals surface area contributed by atoms with Crippen molar-refractivity contribution in [3.05, 3.63) is 0 Å². The van der Waals surface area contributed by atoms with Gasteiger partial charge in [-0.2, -0.15) is 0 Å². The first-order chi connectivity index (χ1) is 0. The van der Waals surface area contributed by atoms with Crippen LogP contribution in [0.2, 0.25) is 0 Å². The fourth-order valence-corrected chi connectivity index (χ4v) is 0. The van der Waals surface area contributed by atoms with E-state index in [-0.39, 0.29) is 84.4 Å². The maximum Gasteiger partial charge on any atom is 0.316 e. The zero-order valence-corrected chi connectivity index (χ0v) is 4.29. The first-order valence-corrected chi connectivity index (χ1v) is 0. The molecule has 0 aromatic carbocycles. The molecule has 0 nitrogen and oxygen atoms in total. The minimum Gasteiger partial charge on any atom is -0.0149 e. The van der Waals surface area contributed by atoms with Gasteiger partial charge in [-0.15, -0.1) is 0 Å². The second-order valence-electron chi connectivity index (χ2n) is 0. The molecule has 0 amide bonds. The van der Waals surface area contributed by atoms with Gasteiger partial charge in [0.2, 0.25) is 0 Å². The molecule has 0 atom stereocenters. The summed E-state index contributed by atoms with van der Waals surface area (Å²) < 4.78 is 0. The maximum atomic E-state index is 0. The third-order valence-electron chi connectivity index (χ3n) is 0. The average Bonchev–Trinajstić information content (AvgIpc) is 0. The molecule has 0 aliphatic rings. The molecule has 0 spiro atoms. The molecule has 5 heteroatoms. The zero-order chi connectivity index (χ0) is 0. The molecule has 0 aromatic heterocycles. The van der Waals surface area contributed by atoms with E-state index in [1.54, 1.807) is 0 Å². The van der Waals surface area contributed by atoms with Crippen LogP contribution in [0.1, 0.15) is 0 Å². The zero-order valence-electron chi connectivity index (χ0n) is 1.04. The summed E-state index contributed by atoms with van der Waals surface area (Å²) in [5, 5.41) is 0. The van der Waals surface area contributed by atoms with E-state index in [9.17, 15) is 0 Å². The molecule has 0 heterocycles. The summed E-state index contributed by atoms with van der Waals surface area (Å²) >= 11 is 0. The normalized spacial score (nSPS) is 0. The smallest absolute Gasteiger partial charge is 0.0149 e. The van der Waals surface area contributed by atoms with E-state index in [1.165, 1.54) is 0 Å². The van der Waals surface area contributed by atoms with E-state index in [1.807, 2.05) is 0 Å². The summed E-state index contributed by atoms with van der Waals surface area (Å²) in [5.41, 5.74) is 0. The summed E-state index contributed by atoms with van der Waals surface area (Å²) in [6.07, 6.45) is 0. The molecule has 0 fully saturated rings. The number of rotatable bonds is 0. The molecule has 0 N–H and O–H groups in total. The van der Waals surface area contributed by atoms with Crippen molar-refractivity contribution >= 4 is 34.0 Å². The quantitative estimate of drug-likeness (QED) is 0.406. The molecule has 0 rings (SSSR count). The fourth-order valence-electron chi connectivity index (χ4n) is 0. The van der Waals surface area contributed by atoms with E-state index in [4.69, 9.17) is 0 Å². The minimum absolute atomic E-state index is 0. The van der Waals surface area contributed by atoms with Crippen molar-refractivity contribution in [2.24, 2.45) is 0 Å². The molecule has 0 saturated carbocycles. The van der Waals surface area contributed by atoms with Gasteiger partial charge in [-0.05, 0) is 11.0 Å². The van der Waals surface area contributed by atoms with Gasteiger partial charge in [-0.1, -0.05) is 0 Å². The van der Waals surface area contributed by atoms with Crippen LogP contribution in [0.15, 0.2) is 0 Å². The van der Waals surface area contributed by atoms with Crippen LogP contribution in [-0.4, -0.2) is 34.0 Å². The molecular formula is H6CrMgNi2Si. The minimum atomic E-state index is 0. The van der Waals surface area contributed by atoms with Crippen molar-refractivity contribution in [3.8, 4) is 0 Å². The van der Waals surface area contributed by atoms with E-state index in [0.29, 0.717) is 0 Å². The molecule has 0 aliphatic heterocycles. The maximum absolute atomic E-state index is 0. The van der Waals surface area contributed by atoms with Gasteiger partial charge in [0.25, 0.3) is 0 Å². The van der Waals surface area contributed by atoms with Crippen molar-refractivity contribution in [1.29, 1.82) is 0 Å². The molecule has 0 unspecified atom stereocenters. The van der Waals surface area contributed by atoms with Gasteiger partial charge in [0.15, 0.2) is 0 Å². The Labute approximate surface area is 83.4 Å². The summed E-state index contributed by atoms with van der Waals surface area (Å²) in [6.45, 7) is 0. The second kappa shape index (κ2) is 31.4. The standard InChI is InChI=1S/Cr.Mg.2Ni.H4Si.2H/h;;;;1H4;;. The Morgan fingerprint density at radius 1 is 0.800 bits per heavy atom. The molecule has 38 valence electrons. The van der Waals surface area contributed by atoms with Crippen molar-refractivity contribution in [2.75, 3.05) is 0 Å². The molecule has 0 bridgehead atoms. The van der Waals surface area contributed by atoms with Crippen LogP contribution in [0, 0.1) is 0 Å². The van der Waals surface area contributed by atoms with E-state index >= 15 is 0 Å². The Hall–Kier alpha value is 2.50. The fraction of sp³-hybridized carbons (Fsp3) is 0. The predicted molar refractivity (Wildman–Crippen MR) is 19.9 cm³/mol. The molecule has 0 aromatic rings. The van der Waals surface area contributed by atoms with E-state index in [0.717, 1.165) is 0 Å². The SMILES string of the molecule is [Cr].[MgH2].[Ni].[Ni].[SiH4]. The van der Waals surface area contributed by atoms with Gasteiger partial charge in [-0.3, -0.25) is 0 Å². The Balaban J connectivity index is 0. The molecule has 5 heavy (non-hydrogen) atoms. The van der Waals surface area contributed by atoms with Gasteiger partial charge in [0, 0.05) is 50.3 Å². The van der Waals surface area contributed by atoms with Crippen LogP contribution in [0.5, 0.6) is 0 Å². The summed E-state index contributed by atoms with van der Waals surface area (Å²) in [7, 11) is 0. The Kier molecular flexibility index (Phi) is 318. The Morgan fingerprint density at radius 3 is 0.800 bits per heavy atom. The molecular weight excluding hydrogens is 222 g/mol. The van der Waals surface area contributed by atoms with Gasteiger partial charge in [-0.25, -0.2) is 0 Å². The van der Waals surface area contributed by atoms with E-state index < -0.39 is 0 Å². The summed E-state index contributed by atoms with van der Waals surface area (Å²) in [5.74, 6) is 0. The van der Waals surface area contributed by atoms with Gasteiger partial charge < -0.3 is 0 Å². The first kappa shape index (κ1) is 50.7. The third kappa shape index (κ3) is 21.0. The average molecular weight is 228 g/mol. The van der Waals surface area contributed by atoms with Crippen molar-refractivity contribution < 1.29 is 50.3 Å². The molecule has 0 aliphatic carbocycles. The topological polar surface area (TPSA) is 0 Å². The van der Waals surface area contributed by atoms with Crippen molar-refractivity contribution in [1.82, 2.24) is 0 Å². The van der Waals surface area contributed by atoms with Crippen LogP contribution >= 0.6 is 0 Å². The molecule has 0 radical (unpaired) electrons. The van der Waals surface area contributed by atoms with Crippen LogP contribution in [0.25, 0.3) is 0 Å². The molecule has 0 saturated heterocycles. The number of hydrogen-bond donors (Lipinski definition) is 0. The van der Waals surface area contributed by atoms with Gasteiger partial charge >= 0.3 is 23.1 Å². The van der Waals surface area contributed by atoms with Gasteiger partial charge in [0.1, 0.15) is 0 Å². The second-order valence-corrected chi connectivity index (χ2v) is 0. The van der Waals surface area contributed by atoms with Crippen LogP contribution < -0.4 is 0 Å². The Bertz CT molecular complexity index is 9.61. The Morgan fingerprint density at radius 2 is 0.800 bits per heavy atom. The third-order valence-corrected chi connectivity index (χ3v) is 0. The summed E-state index contributed by atoms with van der Waals surface area (Å²) in [4.78, 5) is 0. The van der Waals surface area contributed by atoms with Crippen molar-refractivity contribution in [3.63, 3.8) is 0 Å². The number of hydrogen-bond acceptors (Lipinski definition) is 0. The van der Waals surface area contributed by atoms with Gasteiger partial charge in [0.05, 0.1) is 0 Å². The van der Waals surface area contributed by atoms with Crippen LogP contribution in [0.3, 0.4) is 0 Å². The first-order valence-electron chi connectivity index (χ1n) is 0. The van der Waals surface area contributed by atoms with Crippen LogP contribution in [0.4, 0.5) is 0 Å².